The Bertz CT molecular complexity index is 1780. The van der Waals surface area contributed by atoms with Crippen LogP contribution in [0.15, 0.2) is 102 Å². The van der Waals surface area contributed by atoms with Gasteiger partial charge in [0.15, 0.2) is 11.5 Å². The number of benzene rings is 4. The van der Waals surface area contributed by atoms with Gasteiger partial charge in [-0.1, -0.05) is 72.3 Å². The summed E-state index contributed by atoms with van der Waals surface area (Å²) in [5, 5.41) is 2.98. The largest absolute Gasteiger partial charge is 0.493 e. The zero-order valence-electron chi connectivity index (χ0n) is 27.8. The molecule has 47 heavy (non-hydrogen) atoms. The van der Waals surface area contributed by atoms with E-state index in [-0.39, 0.29) is 35.5 Å². The van der Waals surface area contributed by atoms with E-state index in [0.29, 0.717) is 11.5 Å². The zero-order valence-corrected chi connectivity index (χ0v) is 28.6. The lowest BCUT2D eigenvalue weighted by molar-refractivity contribution is -0.140. The normalized spacial score (nSPS) is 11.9. The van der Waals surface area contributed by atoms with Crippen molar-refractivity contribution in [2.75, 3.05) is 25.1 Å². The molecule has 2 amide bonds. The molecular weight excluding hydrogens is 614 g/mol. The van der Waals surface area contributed by atoms with Crippen LogP contribution < -0.4 is 19.1 Å². The Morgan fingerprint density at radius 3 is 2.06 bits per heavy atom. The number of anilines is 1. The average Bonchev–Trinajstić information content (AvgIpc) is 3.05. The number of hydrogen-bond acceptors (Lipinski definition) is 6. The molecule has 0 heterocycles. The Morgan fingerprint density at radius 2 is 1.45 bits per heavy atom. The second-order valence-electron chi connectivity index (χ2n) is 11.7. The van der Waals surface area contributed by atoms with E-state index in [9.17, 15) is 18.0 Å². The summed E-state index contributed by atoms with van der Waals surface area (Å²) in [5.74, 6) is -0.162. The van der Waals surface area contributed by atoms with Crippen molar-refractivity contribution < 1.29 is 27.5 Å². The van der Waals surface area contributed by atoms with Crippen molar-refractivity contribution in [1.29, 1.82) is 0 Å². The minimum absolute atomic E-state index is 0.0227. The molecule has 0 aliphatic carbocycles. The molecule has 0 saturated heterocycles. The Kier molecular flexibility index (Phi) is 11.7. The molecule has 4 aromatic rings. The number of nitrogens with one attached hydrogen (secondary N) is 1. The third-order valence-electron chi connectivity index (χ3n) is 7.85. The lowest BCUT2D eigenvalue weighted by Crippen LogP contribution is -2.54. The fourth-order valence-electron chi connectivity index (χ4n) is 5.25. The predicted molar refractivity (Wildman–Crippen MR) is 184 cm³/mol. The van der Waals surface area contributed by atoms with Gasteiger partial charge in [-0.3, -0.25) is 13.9 Å². The monoisotopic (exact) mass is 657 g/mol. The first-order chi connectivity index (χ1) is 22.4. The molecule has 4 rings (SSSR count). The van der Waals surface area contributed by atoms with Crippen LogP contribution in [-0.4, -0.2) is 58.0 Å². The summed E-state index contributed by atoms with van der Waals surface area (Å²) < 4.78 is 40.6. The van der Waals surface area contributed by atoms with E-state index in [0.717, 1.165) is 26.6 Å². The van der Waals surface area contributed by atoms with Gasteiger partial charge in [-0.25, -0.2) is 8.42 Å². The minimum Gasteiger partial charge on any atom is -0.493 e. The Labute approximate surface area is 278 Å². The first kappa shape index (κ1) is 35.0. The molecule has 10 heteroatoms. The van der Waals surface area contributed by atoms with Crippen LogP contribution in [0.25, 0.3) is 0 Å². The van der Waals surface area contributed by atoms with Crippen molar-refractivity contribution in [3.05, 3.63) is 119 Å². The molecule has 1 atom stereocenters. The SMILES string of the molecule is COc1ccc(N(CC(=O)N(Cc2ccccc2C)C(Cc2ccccc2)C(=O)NC(C)C)S(=O)(=O)c2ccc(C)cc2)cc1OC. The van der Waals surface area contributed by atoms with E-state index < -0.39 is 28.5 Å². The number of rotatable bonds is 14. The van der Waals surface area contributed by atoms with Gasteiger partial charge in [-0.2, -0.15) is 0 Å². The minimum atomic E-state index is -4.26. The third kappa shape index (κ3) is 8.71. The fourth-order valence-corrected chi connectivity index (χ4v) is 6.66. The van der Waals surface area contributed by atoms with E-state index in [1.807, 2.05) is 82.3 Å². The second-order valence-corrected chi connectivity index (χ2v) is 13.5. The number of methoxy groups -OCH3 is 2. The lowest BCUT2D eigenvalue weighted by atomic mass is 10.0. The molecule has 1 unspecified atom stereocenters. The summed E-state index contributed by atoms with van der Waals surface area (Å²) in [7, 11) is -1.32. The summed E-state index contributed by atoms with van der Waals surface area (Å²) in [6.45, 7) is 7.05. The number of carbonyl (C=O) groups excluding carboxylic acids is 2. The molecule has 0 saturated carbocycles. The van der Waals surface area contributed by atoms with Crippen LogP contribution in [0.5, 0.6) is 11.5 Å². The number of carbonyl (C=O) groups is 2. The highest BCUT2D eigenvalue weighted by molar-refractivity contribution is 7.92. The quantitative estimate of drug-likeness (QED) is 0.187. The van der Waals surface area contributed by atoms with Gasteiger partial charge in [0.1, 0.15) is 12.6 Å². The number of amides is 2. The molecule has 1 N–H and O–H groups in total. The number of nitrogens with zero attached hydrogens (tertiary/aromatic N) is 2. The van der Waals surface area contributed by atoms with E-state index in [4.69, 9.17) is 9.47 Å². The van der Waals surface area contributed by atoms with E-state index >= 15 is 0 Å². The molecular formula is C37H43N3O6S. The smallest absolute Gasteiger partial charge is 0.264 e. The molecule has 0 aliphatic heterocycles. The molecule has 0 aromatic heterocycles. The first-order valence-corrected chi connectivity index (χ1v) is 16.9. The Balaban J connectivity index is 1.85. The Morgan fingerprint density at radius 1 is 0.809 bits per heavy atom. The van der Waals surface area contributed by atoms with Crippen molar-refractivity contribution in [1.82, 2.24) is 10.2 Å². The number of aryl methyl sites for hydroxylation is 2. The summed E-state index contributed by atoms with van der Waals surface area (Å²) in [6.07, 6.45) is 0.234. The van der Waals surface area contributed by atoms with Gasteiger partial charge >= 0.3 is 0 Å². The fraction of sp³-hybridized carbons (Fsp3) is 0.297. The van der Waals surface area contributed by atoms with Gasteiger partial charge in [0.05, 0.1) is 24.8 Å². The lowest BCUT2D eigenvalue weighted by Gasteiger charge is -2.34. The molecule has 0 fully saturated rings. The van der Waals surface area contributed by atoms with Gasteiger partial charge in [0.25, 0.3) is 10.0 Å². The Hall–Kier alpha value is -4.83. The number of sulfonamides is 1. The summed E-state index contributed by atoms with van der Waals surface area (Å²) in [5.41, 5.74) is 3.75. The van der Waals surface area contributed by atoms with Crippen LogP contribution >= 0.6 is 0 Å². The average molecular weight is 658 g/mol. The zero-order chi connectivity index (χ0) is 34.1. The molecule has 248 valence electrons. The highest BCUT2D eigenvalue weighted by Gasteiger charge is 2.35. The van der Waals surface area contributed by atoms with Crippen LogP contribution in [0.3, 0.4) is 0 Å². The van der Waals surface area contributed by atoms with Crippen molar-refractivity contribution in [2.45, 2.75) is 57.6 Å². The van der Waals surface area contributed by atoms with Crippen molar-refractivity contribution in [3.63, 3.8) is 0 Å². The molecule has 0 radical (unpaired) electrons. The summed E-state index contributed by atoms with van der Waals surface area (Å²) >= 11 is 0. The van der Waals surface area contributed by atoms with E-state index in [1.165, 1.54) is 37.3 Å². The van der Waals surface area contributed by atoms with Gasteiger partial charge < -0.3 is 19.7 Å². The van der Waals surface area contributed by atoms with Crippen LogP contribution in [-0.2, 0) is 32.6 Å². The molecule has 0 spiro atoms. The highest BCUT2D eigenvalue weighted by Crippen LogP contribution is 2.34. The third-order valence-corrected chi connectivity index (χ3v) is 9.64. The van der Waals surface area contributed by atoms with E-state index in [1.54, 1.807) is 24.3 Å². The van der Waals surface area contributed by atoms with Crippen LogP contribution in [0.1, 0.15) is 36.1 Å². The maximum absolute atomic E-state index is 14.7. The first-order valence-electron chi connectivity index (χ1n) is 15.4. The molecule has 0 aliphatic rings. The van der Waals surface area contributed by atoms with Crippen molar-refractivity contribution in [3.8, 4) is 11.5 Å². The maximum Gasteiger partial charge on any atom is 0.264 e. The van der Waals surface area contributed by atoms with Gasteiger partial charge in [0.2, 0.25) is 11.8 Å². The van der Waals surface area contributed by atoms with Gasteiger partial charge in [-0.05, 0) is 68.7 Å². The molecule has 9 nitrogen and oxygen atoms in total. The van der Waals surface area contributed by atoms with Gasteiger partial charge in [-0.15, -0.1) is 0 Å². The molecule has 4 aromatic carbocycles. The van der Waals surface area contributed by atoms with Gasteiger partial charge in [0, 0.05) is 25.1 Å². The highest BCUT2D eigenvalue weighted by atomic mass is 32.2. The summed E-state index contributed by atoms with van der Waals surface area (Å²) in [6, 6.07) is 27.1. The van der Waals surface area contributed by atoms with Crippen molar-refractivity contribution >= 4 is 27.5 Å². The predicted octanol–water partition coefficient (Wildman–Crippen LogP) is 5.68. The summed E-state index contributed by atoms with van der Waals surface area (Å²) in [4.78, 5) is 30.0. The van der Waals surface area contributed by atoms with Crippen LogP contribution in [0.4, 0.5) is 5.69 Å². The maximum atomic E-state index is 14.7. The second kappa shape index (κ2) is 15.6. The standard InChI is InChI=1S/C37H43N3O6S/c1-26(2)38-37(42)33(22-29-13-8-7-9-14-29)39(24-30-15-11-10-12-28(30)4)36(41)25-40(31-18-21-34(45-5)35(23-31)46-6)47(43,44)32-19-16-27(3)17-20-32/h7-21,23,26,33H,22,24-25H2,1-6H3,(H,38,42). The van der Waals surface area contributed by atoms with Crippen LogP contribution in [0.2, 0.25) is 0 Å². The van der Waals surface area contributed by atoms with E-state index in [2.05, 4.69) is 5.32 Å². The van der Waals surface area contributed by atoms with Crippen molar-refractivity contribution in [2.24, 2.45) is 0 Å². The van der Waals surface area contributed by atoms with Crippen LogP contribution in [0, 0.1) is 13.8 Å². The molecule has 0 bridgehead atoms. The number of ether oxygens (including phenoxy) is 2. The topological polar surface area (TPSA) is 105 Å². The number of hydrogen-bond donors (Lipinski definition) is 1.